The molecule has 0 bridgehead atoms. The number of benzene rings is 3. The Morgan fingerprint density at radius 1 is 1.03 bits per heavy atom. The van der Waals surface area contributed by atoms with Gasteiger partial charge in [0.25, 0.3) is 0 Å². The Morgan fingerprint density at radius 3 is 2.63 bits per heavy atom. The highest BCUT2D eigenvalue weighted by molar-refractivity contribution is 9.10. The lowest BCUT2D eigenvalue weighted by Gasteiger charge is -2.15. The number of halogens is 2. The van der Waals surface area contributed by atoms with E-state index < -0.39 is 0 Å². The Balaban J connectivity index is 1.25. The molecule has 1 aromatic heterocycles. The molecule has 0 amide bonds. The van der Waals surface area contributed by atoms with Crippen molar-refractivity contribution < 1.29 is 9.47 Å². The van der Waals surface area contributed by atoms with Crippen LogP contribution in [-0.2, 0) is 13.2 Å². The van der Waals surface area contributed by atoms with Crippen LogP contribution in [0.15, 0.2) is 76.4 Å². The summed E-state index contributed by atoms with van der Waals surface area (Å²) in [6, 6.07) is 21.5. The Bertz CT molecular complexity index is 1240. The highest BCUT2D eigenvalue weighted by Gasteiger charge is 2.12. The maximum absolute atomic E-state index is 6.24. The molecule has 0 spiro atoms. The SMILES string of the molecule is COc1cc(CNCCCSc2nnnn2-c2ccccc2)c(Br)cc1OCc1ccccc1Cl. The number of hydrogen-bond acceptors (Lipinski definition) is 7. The molecule has 0 aliphatic rings. The number of para-hydroxylation sites is 1. The molecular formula is C25H25BrClN5O2S. The third-order valence-corrected chi connectivity index (χ3v) is 7.27. The fraction of sp³-hybridized carbons (Fsp3) is 0.240. The molecule has 7 nitrogen and oxygen atoms in total. The van der Waals surface area contributed by atoms with E-state index in [1.165, 1.54) is 0 Å². The molecule has 0 aliphatic carbocycles. The molecule has 4 aromatic rings. The predicted octanol–water partition coefficient (Wildman–Crippen LogP) is 5.94. The van der Waals surface area contributed by atoms with Gasteiger partial charge < -0.3 is 14.8 Å². The predicted molar refractivity (Wildman–Crippen MR) is 143 cm³/mol. The first-order valence-corrected chi connectivity index (χ1v) is 13.2. The van der Waals surface area contributed by atoms with Gasteiger partial charge in [-0.1, -0.05) is 75.7 Å². The minimum absolute atomic E-state index is 0.366. The maximum atomic E-state index is 6.24. The van der Waals surface area contributed by atoms with Gasteiger partial charge in [-0.25, -0.2) is 0 Å². The Hall–Kier alpha value is -2.59. The van der Waals surface area contributed by atoms with Gasteiger partial charge in [0.05, 0.1) is 12.8 Å². The Kier molecular flexibility index (Phi) is 9.42. The normalized spacial score (nSPS) is 10.9. The van der Waals surface area contributed by atoms with E-state index in [2.05, 4.69) is 36.8 Å². The number of rotatable bonds is 12. The van der Waals surface area contributed by atoms with Gasteiger partial charge >= 0.3 is 0 Å². The molecule has 0 aliphatic heterocycles. The molecule has 0 unspecified atom stereocenters. The smallest absolute Gasteiger partial charge is 0.214 e. The summed E-state index contributed by atoms with van der Waals surface area (Å²) in [4.78, 5) is 0. The minimum atomic E-state index is 0.366. The van der Waals surface area contributed by atoms with Crippen LogP contribution in [0.1, 0.15) is 17.5 Å². The van der Waals surface area contributed by atoms with Crippen LogP contribution in [0.4, 0.5) is 0 Å². The first-order chi connectivity index (χ1) is 17.2. The summed E-state index contributed by atoms with van der Waals surface area (Å²) >= 11 is 11.5. The van der Waals surface area contributed by atoms with Gasteiger partial charge in [-0.3, -0.25) is 0 Å². The van der Waals surface area contributed by atoms with Crippen molar-refractivity contribution in [3.63, 3.8) is 0 Å². The van der Waals surface area contributed by atoms with Crippen molar-refractivity contribution in [3.05, 3.63) is 87.4 Å². The van der Waals surface area contributed by atoms with Crippen molar-refractivity contribution in [3.8, 4) is 17.2 Å². The first kappa shape index (κ1) is 25.5. The van der Waals surface area contributed by atoms with E-state index in [1.54, 1.807) is 23.6 Å². The van der Waals surface area contributed by atoms with Crippen molar-refractivity contribution in [2.45, 2.75) is 24.7 Å². The number of methoxy groups -OCH3 is 1. The summed E-state index contributed by atoms with van der Waals surface area (Å²) in [5.74, 6) is 2.25. The van der Waals surface area contributed by atoms with E-state index in [-0.39, 0.29) is 0 Å². The van der Waals surface area contributed by atoms with E-state index in [0.29, 0.717) is 29.7 Å². The van der Waals surface area contributed by atoms with Crippen LogP contribution in [-0.4, -0.2) is 39.6 Å². The monoisotopic (exact) mass is 573 g/mol. The average Bonchev–Trinajstić information content (AvgIpc) is 3.35. The lowest BCUT2D eigenvalue weighted by atomic mass is 10.2. The number of nitrogens with zero attached hydrogens (tertiary/aromatic N) is 4. The second kappa shape index (κ2) is 12.9. The van der Waals surface area contributed by atoms with Crippen molar-refractivity contribution in [2.24, 2.45) is 0 Å². The van der Waals surface area contributed by atoms with E-state index in [9.17, 15) is 0 Å². The largest absolute Gasteiger partial charge is 0.493 e. The van der Waals surface area contributed by atoms with E-state index in [0.717, 1.165) is 45.2 Å². The molecule has 0 radical (unpaired) electrons. The van der Waals surface area contributed by atoms with Crippen LogP contribution in [0.25, 0.3) is 5.69 Å². The summed E-state index contributed by atoms with van der Waals surface area (Å²) in [6.07, 6.45) is 0.972. The summed E-state index contributed by atoms with van der Waals surface area (Å²) in [6.45, 7) is 1.93. The second-order valence-electron chi connectivity index (χ2n) is 7.56. The Morgan fingerprint density at radius 2 is 1.83 bits per heavy atom. The van der Waals surface area contributed by atoms with Gasteiger partial charge in [-0.2, -0.15) is 4.68 Å². The zero-order chi connectivity index (χ0) is 24.5. The molecule has 10 heteroatoms. The molecule has 3 aromatic carbocycles. The number of thioether (sulfide) groups is 1. The lowest BCUT2D eigenvalue weighted by molar-refractivity contribution is 0.284. The molecule has 0 atom stereocenters. The summed E-state index contributed by atoms with van der Waals surface area (Å²) in [7, 11) is 1.64. The molecule has 0 fully saturated rings. The lowest BCUT2D eigenvalue weighted by Crippen LogP contribution is -2.16. The second-order valence-corrected chi connectivity index (χ2v) is 9.89. The molecule has 35 heavy (non-hydrogen) atoms. The van der Waals surface area contributed by atoms with Crippen molar-refractivity contribution >= 4 is 39.3 Å². The third-order valence-electron chi connectivity index (χ3n) is 5.16. The molecule has 1 N–H and O–H groups in total. The van der Waals surface area contributed by atoms with Gasteiger partial charge in [0.1, 0.15) is 6.61 Å². The zero-order valence-electron chi connectivity index (χ0n) is 19.2. The Labute approximate surface area is 222 Å². The average molecular weight is 575 g/mol. The summed E-state index contributed by atoms with van der Waals surface area (Å²) in [5, 5.41) is 17.0. The molecule has 182 valence electrons. The van der Waals surface area contributed by atoms with Gasteiger partial charge in [0.15, 0.2) is 11.5 Å². The molecule has 4 rings (SSSR count). The maximum Gasteiger partial charge on any atom is 0.214 e. The fourth-order valence-electron chi connectivity index (χ4n) is 3.34. The van der Waals surface area contributed by atoms with E-state index in [4.69, 9.17) is 21.1 Å². The van der Waals surface area contributed by atoms with Crippen LogP contribution in [0.3, 0.4) is 0 Å². The van der Waals surface area contributed by atoms with E-state index >= 15 is 0 Å². The minimum Gasteiger partial charge on any atom is -0.493 e. The standard InChI is InChI=1S/C25H25BrClN5O2S/c1-33-23-14-19(21(26)15-24(23)34-17-18-8-5-6-11-22(18)27)16-28-12-7-13-35-25-29-30-31-32(25)20-9-3-2-4-10-20/h2-6,8-11,14-15,28H,7,12-13,16-17H2,1H3. The van der Waals surface area contributed by atoms with Crippen LogP contribution in [0.2, 0.25) is 5.02 Å². The molecule has 0 saturated carbocycles. The number of hydrogen-bond donors (Lipinski definition) is 1. The highest BCUT2D eigenvalue weighted by atomic mass is 79.9. The van der Waals surface area contributed by atoms with Crippen molar-refractivity contribution in [1.82, 2.24) is 25.5 Å². The van der Waals surface area contributed by atoms with Crippen LogP contribution in [0.5, 0.6) is 11.5 Å². The van der Waals surface area contributed by atoms with Crippen LogP contribution < -0.4 is 14.8 Å². The molecule has 1 heterocycles. The number of ether oxygens (including phenoxy) is 2. The first-order valence-electron chi connectivity index (χ1n) is 11.1. The topological polar surface area (TPSA) is 74.1 Å². The van der Waals surface area contributed by atoms with Gasteiger partial charge in [-0.15, -0.1) is 5.10 Å². The van der Waals surface area contributed by atoms with Gasteiger partial charge in [-0.05, 0) is 59.3 Å². The summed E-state index contributed by atoms with van der Waals surface area (Å²) < 4.78 is 14.3. The van der Waals surface area contributed by atoms with Gasteiger partial charge in [0, 0.05) is 27.4 Å². The highest BCUT2D eigenvalue weighted by Crippen LogP contribution is 2.34. The van der Waals surface area contributed by atoms with Crippen LogP contribution in [0, 0.1) is 0 Å². The third kappa shape index (κ3) is 6.98. The molecule has 0 saturated heterocycles. The van der Waals surface area contributed by atoms with Gasteiger partial charge in [0.2, 0.25) is 5.16 Å². The summed E-state index contributed by atoms with van der Waals surface area (Å²) in [5.41, 5.74) is 2.97. The molecular weight excluding hydrogens is 550 g/mol. The van der Waals surface area contributed by atoms with Crippen molar-refractivity contribution in [1.29, 1.82) is 0 Å². The fourth-order valence-corrected chi connectivity index (χ4v) is 4.82. The van der Waals surface area contributed by atoms with Crippen molar-refractivity contribution in [2.75, 3.05) is 19.4 Å². The number of nitrogens with one attached hydrogen (secondary N) is 1. The number of tetrazole rings is 1. The van der Waals surface area contributed by atoms with Crippen LogP contribution >= 0.6 is 39.3 Å². The quantitative estimate of drug-likeness (QED) is 0.166. The van der Waals surface area contributed by atoms with E-state index in [1.807, 2.05) is 66.7 Å². The number of aromatic nitrogens is 4. The zero-order valence-corrected chi connectivity index (χ0v) is 22.3.